The first-order valence-electron chi connectivity index (χ1n) is 7.23. The highest BCUT2D eigenvalue weighted by Gasteiger charge is 2.31. The van der Waals surface area contributed by atoms with E-state index in [2.05, 4.69) is 11.4 Å². The van der Waals surface area contributed by atoms with Gasteiger partial charge >= 0.3 is 0 Å². The van der Waals surface area contributed by atoms with Gasteiger partial charge in [0.2, 0.25) is 5.91 Å². The minimum atomic E-state index is -0.0786. The van der Waals surface area contributed by atoms with E-state index in [1.165, 1.54) is 0 Å². The van der Waals surface area contributed by atoms with Gasteiger partial charge in [0.05, 0.1) is 19.1 Å². The molecular weight excluding hydrogens is 288 g/mol. The minimum Gasteiger partial charge on any atom is -0.496 e. The first-order valence-corrected chi connectivity index (χ1v) is 7.23. The molecule has 3 unspecified atom stereocenters. The zero-order chi connectivity index (χ0) is 14.7. The number of carbonyl (C=O) groups excluding carboxylic acids is 1. The molecule has 0 spiro atoms. The highest BCUT2D eigenvalue weighted by molar-refractivity contribution is 5.85. The van der Waals surface area contributed by atoms with E-state index in [4.69, 9.17) is 10.5 Å². The van der Waals surface area contributed by atoms with Crippen LogP contribution in [-0.2, 0) is 4.79 Å². The lowest BCUT2D eigenvalue weighted by molar-refractivity contribution is -0.125. The van der Waals surface area contributed by atoms with Gasteiger partial charge in [0.15, 0.2) is 0 Å². The molecule has 3 atom stereocenters. The van der Waals surface area contributed by atoms with Crippen LogP contribution in [0.4, 0.5) is 0 Å². The smallest absolute Gasteiger partial charge is 0.225 e. The molecule has 0 aliphatic heterocycles. The van der Waals surface area contributed by atoms with Crippen molar-refractivity contribution in [1.29, 1.82) is 0 Å². The maximum absolute atomic E-state index is 12.3. The summed E-state index contributed by atoms with van der Waals surface area (Å²) < 4.78 is 5.37. The van der Waals surface area contributed by atoms with Crippen molar-refractivity contribution in [3.05, 3.63) is 29.3 Å². The topological polar surface area (TPSA) is 64.3 Å². The van der Waals surface area contributed by atoms with Gasteiger partial charge in [0.25, 0.3) is 0 Å². The number of methoxy groups -OCH3 is 1. The zero-order valence-electron chi connectivity index (χ0n) is 12.9. The van der Waals surface area contributed by atoms with Crippen LogP contribution < -0.4 is 15.8 Å². The fraction of sp³-hybridized carbons (Fsp3) is 0.562. The summed E-state index contributed by atoms with van der Waals surface area (Å²) in [6.45, 7) is 4.01. The van der Waals surface area contributed by atoms with E-state index in [1.54, 1.807) is 7.11 Å². The van der Waals surface area contributed by atoms with Crippen molar-refractivity contribution in [2.45, 2.75) is 45.2 Å². The Morgan fingerprint density at radius 3 is 2.71 bits per heavy atom. The van der Waals surface area contributed by atoms with Crippen LogP contribution in [-0.4, -0.2) is 19.1 Å². The lowest BCUT2D eigenvalue weighted by Crippen LogP contribution is -2.39. The Morgan fingerprint density at radius 2 is 2.14 bits per heavy atom. The third kappa shape index (κ3) is 4.11. The quantitative estimate of drug-likeness (QED) is 0.898. The van der Waals surface area contributed by atoms with Crippen molar-refractivity contribution in [1.82, 2.24) is 5.32 Å². The number of ether oxygens (including phenoxy) is 1. The van der Waals surface area contributed by atoms with Crippen LogP contribution in [0.25, 0.3) is 0 Å². The maximum atomic E-state index is 12.3. The van der Waals surface area contributed by atoms with Gasteiger partial charge in [-0.2, -0.15) is 0 Å². The van der Waals surface area contributed by atoms with Crippen LogP contribution in [0.1, 0.15) is 43.4 Å². The summed E-state index contributed by atoms with van der Waals surface area (Å²) in [6.07, 6.45) is 2.88. The number of nitrogens with one attached hydrogen (secondary N) is 1. The van der Waals surface area contributed by atoms with Gasteiger partial charge < -0.3 is 15.8 Å². The third-order valence-corrected chi connectivity index (χ3v) is 4.12. The standard InChI is InChI=1S/C16H24N2O2.ClH/c1-10-7-8-15(20-3)13(9-10)11(2)18-16(19)12-5-4-6-14(12)17;/h7-9,11-12,14H,4-6,17H2,1-3H3,(H,18,19);1H. The van der Waals surface area contributed by atoms with Gasteiger partial charge in [-0.3, -0.25) is 4.79 Å². The van der Waals surface area contributed by atoms with Crippen LogP contribution in [0.3, 0.4) is 0 Å². The number of rotatable bonds is 4. The highest BCUT2D eigenvalue weighted by Crippen LogP contribution is 2.28. The number of amides is 1. The number of hydrogen-bond donors (Lipinski definition) is 2. The van der Waals surface area contributed by atoms with Crippen LogP contribution in [0, 0.1) is 12.8 Å². The summed E-state index contributed by atoms with van der Waals surface area (Å²) in [7, 11) is 1.65. The molecule has 1 aliphatic rings. The summed E-state index contributed by atoms with van der Waals surface area (Å²) in [6, 6.07) is 5.92. The van der Waals surface area contributed by atoms with Crippen LogP contribution in [0.5, 0.6) is 5.75 Å². The van der Waals surface area contributed by atoms with Gasteiger partial charge in [-0.1, -0.05) is 24.1 Å². The van der Waals surface area contributed by atoms with Crippen molar-refractivity contribution in [3.8, 4) is 5.75 Å². The second-order valence-corrected chi connectivity index (χ2v) is 5.68. The molecule has 0 radical (unpaired) electrons. The second-order valence-electron chi connectivity index (χ2n) is 5.68. The van der Waals surface area contributed by atoms with Crippen molar-refractivity contribution in [3.63, 3.8) is 0 Å². The van der Waals surface area contributed by atoms with Crippen LogP contribution >= 0.6 is 12.4 Å². The number of nitrogens with two attached hydrogens (primary N) is 1. The molecular formula is C16H25ClN2O2. The molecule has 21 heavy (non-hydrogen) atoms. The van der Waals surface area contributed by atoms with Crippen LogP contribution in [0.15, 0.2) is 18.2 Å². The molecule has 5 heteroatoms. The Labute approximate surface area is 132 Å². The Kier molecular flexibility index (Phi) is 6.49. The molecule has 3 N–H and O–H groups in total. The largest absolute Gasteiger partial charge is 0.496 e. The molecule has 0 aromatic heterocycles. The molecule has 1 aliphatic carbocycles. The number of hydrogen-bond acceptors (Lipinski definition) is 3. The molecule has 1 fully saturated rings. The van der Waals surface area contributed by atoms with Crippen molar-refractivity contribution >= 4 is 18.3 Å². The predicted octanol–water partition coefficient (Wildman–Crippen LogP) is 2.73. The number of aryl methyl sites for hydroxylation is 1. The van der Waals surface area contributed by atoms with E-state index < -0.39 is 0 Å². The Bertz CT molecular complexity index is 493. The Hall–Kier alpha value is -1.26. The molecule has 1 aromatic carbocycles. The Balaban J connectivity index is 0.00000220. The molecule has 1 amide bonds. The van der Waals surface area contributed by atoms with Gasteiger partial charge in [0.1, 0.15) is 5.75 Å². The van der Waals surface area contributed by atoms with E-state index >= 15 is 0 Å². The van der Waals surface area contributed by atoms with Crippen molar-refractivity contribution in [2.75, 3.05) is 7.11 Å². The fourth-order valence-corrected chi connectivity index (χ4v) is 2.90. The van der Waals surface area contributed by atoms with E-state index in [0.29, 0.717) is 0 Å². The summed E-state index contributed by atoms with van der Waals surface area (Å²) in [5.74, 6) is 0.818. The van der Waals surface area contributed by atoms with Gasteiger partial charge in [-0.15, -0.1) is 12.4 Å². The molecule has 0 saturated heterocycles. The normalized spacial score (nSPS) is 22.3. The first kappa shape index (κ1) is 17.8. The van der Waals surface area contributed by atoms with Gasteiger partial charge in [-0.25, -0.2) is 0 Å². The van der Waals surface area contributed by atoms with E-state index in [-0.39, 0.29) is 36.3 Å². The third-order valence-electron chi connectivity index (χ3n) is 4.12. The highest BCUT2D eigenvalue weighted by atomic mass is 35.5. The molecule has 0 heterocycles. The zero-order valence-corrected chi connectivity index (χ0v) is 13.7. The van der Waals surface area contributed by atoms with Gasteiger partial charge in [-0.05, 0) is 32.8 Å². The summed E-state index contributed by atoms with van der Waals surface area (Å²) >= 11 is 0. The van der Waals surface area contributed by atoms with Crippen molar-refractivity contribution in [2.24, 2.45) is 11.7 Å². The summed E-state index contributed by atoms with van der Waals surface area (Å²) in [5, 5.41) is 3.07. The summed E-state index contributed by atoms with van der Waals surface area (Å²) in [4.78, 5) is 12.3. The lowest BCUT2D eigenvalue weighted by Gasteiger charge is -2.21. The monoisotopic (exact) mass is 312 g/mol. The second kappa shape index (κ2) is 7.66. The molecule has 0 bridgehead atoms. The fourth-order valence-electron chi connectivity index (χ4n) is 2.90. The van der Waals surface area contributed by atoms with E-state index in [9.17, 15) is 4.79 Å². The molecule has 4 nitrogen and oxygen atoms in total. The molecule has 2 rings (SSSR count). The van der Waals surface area contributed by atoms with Crippen LogP contribution in [0.2, 0.25) is 0 Å². The van der Waals surface area contributed by atoms with E-state index in [1.807, 2.05) is 26.0 Å². The summed E-state index contributed by atoms with van der Waals surface area (Å²) in [5.41, 5.74) is 8.15. The molecule has 1 aromatic rings. The number of halogens is 1. The Morgan fingerprint density at radius 1 is 1.43 bits per heavy atom. The SMILES string of the molecule is COc1ccc(C)cc1C(C)NC(=O)C1CCCC1N.Cl. The average molecular weight is 313 g/mol. The lowest BCUT2D eigenvalue weighted by atomic mass is 10.0. The van der Waals surface area contributed by atoms with E-state index in [0.717, 1.165) is 36.1 Å². The van der Waals surface area contributed by atoms with Gasteiger partial charge in [0, 0.05) is 11.6 Å². The predicted molar refractivity (Wildman–Crippen MR) is 86.9 cm³/mol. The number of benzene rings is 1. The first-order chi connectivity index (χ1) is 9.52. The maximum Gasteiger partial charge on any atom is 0.225 e. The number of carbonyl (C=O) groups is 1. The minimum absolute atomic E-state index is 0. The molecule has 1 saturated carbocycles. The molecule has 118 valence electrons. The van der Waals surface area contributed by atoms with Crippen molar-refractivity contribution < 1.29 is 9.53 Å². The average Bonchev–Trinajstić information content (AvgIpc) is 2.85.